The van der Waals surface area contributed by atoms with Gasteiger partial charge in [0, 0.05) is 19.2 Å². The number of rotatable bonds is 2. The molecule has 2 aliphatic rings. The maximum atomic E-state index is 13.1. The van der Waals surface area contributed by atoms with Gasteiger partial charge in [-0.2, -0.15) is 18.3 Å². The van der Waals surface area contributed by atoms with Crippen LogP contribution in [0.4, 0.5) is 13.2 Å². The molecule has 1 aromatic rings. The fourth-order valence-corrected chi connectivity index (χ4v) is 2.85. The minimum Gasteiger partial charge on any atom is -0.476 e. The average Bonchev–Trinajstić information content (AvgIpc) is 3.06. The van der Waals surface area contributed by atoms with E-state index in [1.165, 1.54) is 11.0 Å². The number of carbonyl (C=O) groups is 1. The number of piperidine rings is 1. The fourth-order valence-electron chi connectivity index (χ4n) is 2.85. The number of nitrogens with zero attached hydrogens (tertiary/aromatic N) is 3. The summed E-state index contributed by atoms with van der Waals surface area (Å²) >= 11 is 0. The van der Waals surface area contributed by atoms with Gasteiger partial charge in [0.2, 0.25) is 5.88 Å². The second-order valence-electron chi connectivity index (χ2n) is 5.67. The Balaban J connectivity index is 1.69. The van der Waals surface area contributed by atoms with Gasteiger partial charge in [-0.05, 0) is 12.8 Å². The third kappa shape index (κ3) is 2.33. The van der Waals surface area contributed by atoms with Crippen molar-refractivity contribution < 1.29 is 27.8 Å². The second kappa shape index (κ2) is 5.15. The quantitative estimate of drug-likeness (QED) is 0.885. The molecule has 1 saturated heterocycles. The van der Waals surface area contributed by atoms with E-state index < -0.39 is 24.1 Å². The van der Waals surface area contributed by atoms with Gasteiger partial charge in [-0.25, -0.2) is 4.68 Å². The SMILES string of the molecule is O=C(c1cc2n(n1)CCO2)N1CCC(CO)(C(F)(F)F)CC1. The van der Waals surface area contributed by atoms with Crippen LogP contribution in [0, 0.1) is 5.41 Å². The van der Waals surface area contributed by atoms with Gasteiger partial charge in [0.05, 0.1) is 18.6 Å². The van der Waals surface area contributed by atoms with Crippen LogP contribution in [0.3, 0.4) is 0 Å². The van der Waals surface area contributed by atoms with Crippen molar-refractivity contribution in [3.05, 3.63) is 11.8 Å². The van der Waals surface area contributed by atoms with Crippen LogP contribution in [0.2, 0.25) is 0 Å². The standard InChI is InChI=1S/C13H16F3N3O3/c14-13(15,16)12(8-20)1-3-18(4-2-12)11(21)9-7-10-19(17-9)5-6-22-10/h7,20H,1-6,8H2. The van der Waals surface area contributed by atoms with Crippen molar-refractivity contribution >= 4 is 5.91 Å². The van der Waals surface area contributed by atoms with E-state index in [1.54, 1.807) is 4.68 Å². The molecule has 0 saturated carbocycles. The minimum absolute atomic E-state index is 0.0536. The van der Waals surface area contributed by atoms with E-state index in [0.717, 1.165) is 0 Å². The summed E-state index contributed by atoms with van der Waals surface area (Å²) in [6, 6.07) is 1.51. The molecule has 1 fully saturated rings. The number of hydrogen-bond donors (Lipinski definition) is 1. The molecule has 2 aliphatic heterocycles. The summed E-state index contributed by atoms with van der Waals surface area (Å²) in [4.78, 5) is 13.7. The first-order chi connectivity index (χ1) is 10.4. The highest BCUT2D eigenvalue weighted by molar-refractivity contribution is 5.92. The van der Waals surface area contributed by atoms with Gasteiger partial charge in [-0.1, -0.05) is 0 Å². The molecular weight excluding hydrogens is 303 g/mol. The molecule has 0 bridgehead atoms. The van der Waals surface area contributed by atoms with Crippen molar-refractivity contribution in [2.75, 3.05) is 26.3 Å². The molecule has 3 rings (SSSR count). The summed E-state index contributed by atoms with van der Waals surface area (Å²) in [5.74, 6) is 0.0968. The van der Waals surface area contributed by atoms with Crippen LogP contribution in [0.5, 0.6) is 5.88 Å². The zero-order chi connectivity index (χ0) is 16.0. The zero-order valence-electron chi connectivity index (χ0n) is 11.8. The lowest BCUT2D eigenvalue weighted by atomic mass is 9.78. The third-order valence-corrected chi connectivity index (χ3v) is 4.43. The first-order valence-corrected chi connectivity index (χ1v) is 7.04. The Morgan fingerprint density at radius 1 is 1.36 bits per heavy atom. The molecule has 1 aromatic heterocycles. The van der Waals surface area contributed by atoms with Crippen LogP contribution in [0.1, 0.15) is 23.3 Å². The van der Waals surface area contributed by atoms with Crippen LogP contribution in [0.15, 0.2) is 6.07 Å². The van der Waals surface area contributed by atoms with Crippen LogP contribution >= 0.6 is 0 Å². The van der Waals surface area contributed by atoms with E-state index in [4.69, 9.17) is 9.84 Å². The van der Waals surface area contributed by atoms with Gasteiger partial charge >= 0.3 is 6.18 Å². The lowest BCUT2D eigenvalue weighted by Crippen LogP contribution is -2.51. The number of halogens is 3. The van der Waals surface area contributed by atoms with Crippen molar-refractivity contribution in [1.82, 2.24) is 14.7 Å². The summed E-state index contributed by atoms with van der Waals surface area (Å²) in [5.41, 5.74) is -1.93. The highest BCUT2D eigenvalue weighted by atomic mass is 19.4. The third-order valence-electron chi connectivity index (χ3n) is 4.43. The summed E-state index contributed by atoms with van der Waals surface area (Å²) in [5, 5.41) is 13.2. The average molecular weight is 319 g/mol. The van der Waals surface area contributed by atoms with E-state index in [0.29, 0.717) is 19.0 Å². The molecule has 1 amide bonds. The normalized spacial score (nSPS) is 20.6. The molecule has 9 heteroatoms. The number of hydrogen-bond acceptors (Lipinski definition) is 4. The number of ether oxygens (including phenoxy) is 1. The van der Waals surface area contributed by atoms with Crippen LogP contribution < -0.4 is 4.74 Å². The molecule has 22 heavy (non-hydrogen) atoms. The smallest absolute Gasteiger partial charge is 0.396 e. The van der Waals surface area contributed by atoms with Gasteiger partial charge in [-0.15, -0.1) is 0 Å². The first kappa shape index (κ1) is 15.1. The van der Waals surface area contributed by atoms with Gasteiger partial charge < -0.3 is 14.7 Å². The molecule has 0 radical (unpaired) electrons. The number of aliphatic hydroxyl groups is 1. The number of aromatic nitrogens is 2. The molecule has 6 nitrogen and oxygen atoms in total. The lowest BCUT2D eigenvalue weighted by molar-refractivity contribution is -0.247. The van der Waals surface area contributed by atoms with Gasteiger partial charge in [-0.3, -0.25) is 4.79 Å². The van der Waals surface area contributed by atoms with Crippen LogP contribution in [-0.4, -0.2) is 58.2 Å². The van der Waals surface area contributed by atoms with Crippen molar-refractivity contribution in [3.8, 4) is 5.88 Å². The fraction of sp³-hybridized carbons (Fsp3) is 0.692. The summed E-state index contributed by atoms with van der Waals surface area (Å²) in [6.45, 7) is 0.00445. The predicted octanol–water partition coefficient (Wildman–Crippen LogP) is 1.05. The number of alkyl halides is 3. The summed E-state index contributed by atoms with van der Waals surface area (Å²) in [6.07, 6.45) is -5.08. The van der Waals surface area contributed by atoms with E-state index in [9.17, 15) is 18.0 Å². The summed E-state index contributed by atoms with van der Waals surface area (Å²) in [7, 11) is 0. The molecule has 122 valence electrons. The van der Waals surface area contributed by atoms with E-state index in [1.807, 2.05) is 0 Å². The number of aliphatic hydroxyl groups excluding tert-OH is 1. The number of fused-ring (bicyclic) bond motifs is 1. The largest absolute Gasteiger partial charge is 0.476 e. The number of likely N-dealkylation sites (tertiary alicyclic amines) is 1. The highest BCUT2D eigenvalue weighted by Crippen LogP contribution is 2.45. The van der Waals surface area contributed by atoms with Crippen LogP contribution in [0.25, 0.3) is 0 Å². The summed E-state index contributed by atoms with van der Waals surface area (Å²) < 4.78 is 46.0. The van der Waals surface area contributed by atoms with Crippen molar-refractivity contribution in [1.29, 1.82) is 0 Å². The van der Waals surface area contributed by atoms with E-state index in [-0.39, 0.29) is 31.6 Å². The van der Waals surface area contributed by atoms with Gasteiger partial charge in [0.1, 0.15) is 6.61 Å². The highest BCUT2D eigenvalue weighted by Gasteiger charge is 2.55. The Hall–Kier alpha value is -1.77. The maximum absolute atomic E-state index is 13.1. The van der Waals surface area contributed by atoms with Crippen molar-refractivity contribution in [2.24, 2.45) is 5.41 Å². The first-order valence-electron chi connectivity index (χ1n) is 7.04. The topological polar surface area (TPSA) is 67.6 Å². The molecular formula is C13H16F3N3O3. The Labute approximate surface area is 124 Å². The van der Waals surface area contributed by atoms with E-state index >= 15 is 0 Å². The number of carbonyl (C=O) groups excluding carboxylic acids is 1. The Kier molecular flexibility index (Phi) is 3.54. The second-order valence-corrected chi connectivity index (χ2v) is 5.67. The Bertz CT molecular complexity index is 555. The predicted molar refractivity (Wildman–Crippen MR) is 68.4 cm³/mol. The Morgan fingerprint density at radius 3 is 2.59 bits per heavy atom. The minimum atomic E-state index is -4.47. The van der Waals surface area contributed by atoms with Crippen molar-refractivity contribution in [2.45, 2.75) is 25.6 Å². The van der Waals surface area contributed by atoms with Crippen LogP contribution in [-0.2, 0) is 6.54 Å². The molecule has 0 aliphatic carbocycles. The molecule has 0 unspecified atom stereocenters. The lowest BCUT2D eigenvalue weighted by Gasteiger charge is -2.41. The van der Waals surface area contributed by atoms with Crippen molar-refractivity contribution in [3.63, 3.8) is 0 Å². The monoisotopic (exact) mass is 319 g/mol. The maximum Gasteiger partial charge on any atom is 0.396 e. The van der Waals surface area contributed by atoms with Gasteiger partial charge in [0.15, 0.2) is 5.69 Å². The molecule has 0 atom stereocenters. The molecule has 1 N–H and O–H groups in total. The molecule has 0 spiro atoms. The number of amides is 1. The molecule has 0 aromatic carbocycles. The Morgan fingerprint density at radius 2 is 2.05 bits per heavy atom. The molecule has 3 heterocycles. The van der Waals surface area contributed by atoms with Gasteiger partial charge in [0.25, 0.3) is 5.91 Å². The van der Waals surface area contributed by atoms with E-state index in [2.05, 4.69) is 5.10 Å². The zero-order valence-corrected chi connectivity index (χ0v) is 11.8.